The van der Waals surface area contributed by atoms with E-state index in [9.17, 15) is 9.59 Å². The zero-order valence-electron chi connectivity index (χ0n) is 22.6. The predicted octanol–water partition coefficient (Wildman–Crippen LogP) is 4.34. The molecule has 2 N–H and O–H groups in total. The molecule has 1 saturated heterocycles. The summed E-state index contributed by atoms with van der Waals surface area (Å²) in [6, 6.07) is 7.55. The molecule has 210 valence electrons. The average Bonchev–Trinajstić information content (AvgIpc) is 3.69. The van der Waals surface area contributed by atoms with Crippen LogP contribution in [0.25, 0.3) is 22.2 Å². The molecule has 0 bridgehead atoms. The zero-order valence-corrected chi connectivity index (χ0v) is 22.6. The van der Waals surface area contributed by atoms with Gasteiger partial charge in [-0.2, -0.15) is 0 Å². The summed E-state index contributed by atoms with van der Waals surface area (Å²) in [6.07, 6.45) is 7.16. The molecule has 2 atom stereocenters. The number of Topliss-reactive ketones (excluding diaryl/α,β-unsaturated/α-hetero) is 1. The van der Waals surface area contributed by atoms with Crippen molar-refractivity contribution in [2.24, 2.45) is 0 Å². The predicted molar refractivity (Wildman–Crippen MR) is 146 cm³/mol. The van der Waals surface area contributed by atoms with Crippen molar-refractivity contribution in [1.29, 1.82) is 0 Å². The molecule has 0 radical (unpaired) electrons. The number of hydrogen-bond acceptors (Lipinski definition) is 9. The number of oxazole rings is 1. The van der Waals surface area contributed by atoms with E-state index in [0.717, 1.165) is 40.7 Å². The van der Waals surface area contributed by atoms with E-state index in [1.165, 1.54) is 12.5 Å². The Balaban J connectivity index is 1.30. The first-order valence-electron chi connectivity index (χ1n) is 13.4. The molecule has 1 aliphatic heterocycles. The van der Waals surface area contributed by atoms with E-state index in [2.05, 4.69) is 25.3 Å². The first kappa shape index (κ1) is 27.5. The Morgan fingerprint density at radius 3 is 2.85 bits per heavy atom. The number of H-pyrrole nitrogens is 1. The summed E-state index contributed by atoms with van der Waals surface area (Å²) < 4.78 is 21.8. The van der Waals surface area contributed by atoms with Gasteiger partial charge in [0, 0.05) is 29.1 Å². The van der Waals surface area contributed by atoms with Crippen molar-refractivity contribution in [1.82, 2.24) is 25.3 Å². The summed E-state index contributed by atoms with van der Waals surface area (Å²) >= 11 is 0. The highest BCUT2D eigenvalue weighted by Crippen LogP contribution is 2.33. The van der Waals surface area contributed by atoms with Gasteiger partial charge in [0.15, 0.2) is 6.10 Å². The number of unbranched alkanes of at least 4 members (excludes halogenated alkanes) is 2. The minimum absolute atomic E-state index is 0.116. The number of methoxy groups -OCH3 is 1. The first-order chi connectivity index (χ1) is 19.5. The van der Waals surface area contributed by atoms with Crippen LogP contribution in [-0.2, 0) is 14.3 Å². The molecule has 4 aromatic rings. The number of nitrogens with zero attached hydrogens (tertiary/aromatic N) is 3. The Morgan fingerprint density at radius 2 is 2.08 bits per heavy atom. The van der Waals surface area contributed by atoms with Gasteiger partial charge in [-0.05, 0) is 31.9 Å². The molecule has 2 unspecified atom stereocenters. The van der Waals surface area contributed by atoms with E-state index in [4.69, 9.17) is 18.6 Å². The van der Waals surface area contributed by atoms with Crippen molar-refractivity contribution >= 4 is 22.6 Å². The standard InChI is InChI=1S/C29H33N5O6/c1-18-8-9-19-14-20(25(37-2)15-22(19)32-18)23-16-31-27(33-23)21(34-28(36)26-17-38-12-13-39-26)6-4-3-5-7-24(35)29-30-10-11-40-29/h8-11,14-16,21,26H,3-7,12-13,17H2,1-2H3,(H,31,33)(H,34,36). The van der Waals surface area contributed by atoms with Crippen molar-refractivity contribution < 1.29 is 28.2 Å². The fraction of sp³-hybridized carbons (Fsp3) is 0.414. The normalized spacial score (nSPS) is 16.1. The minimum Gasteiger partial charge on any atom is -0.496 e. The van der Waals surface area contributed by atoms with Gasteiger partial charge in [-0.25, -0.2) is 9.97 Å². The largest absolute Gasteiger partial charge is 0.496 e. The summed E-state index contributed by atoms with van der Waals surface area (Å²) in [5, 5.41) is 4.07. The number of ketones is 1. The highest BCUT2D eigenvalue weighted by Gasteiger charge is 2.27. The number of aromatic amines is 1. The number of aryl methyl sites for hydroxylation is 1. The number of ether oxygens (including phenoxy) is 3. The lowest BCUT2D eigenvalue weighted by molar-refractivity contribution is -0.148. The summed E-state index contributed by atoms with van der Waals surface area (Å²) in [5.41, 5.74) is 3.39. The molecular formula is C29H33N5O6. The Kier molecular flexibility index (Phi) is 8.82. The van der Waals surface area contributed by atoms with Gasteiger partial charge in [0.25, 0.3) is 11.8 Å². The van der Waals surface area contributed by atoms with E-state index < -0.39 is 6.10 Å². The SMILES string of the molecule is COc1cc2nc(C)ccc2cc1-c1cnc(C(CCCCCC(=O)c2ncco2)NC(=O)C2COCCO2)[nH]1. The van der Waals surface area contributed by atoms with Crippen LogP contribution < -0.4 is 10.1 Å². The number of amides is 1. The van der Waals surface area contributed by atoms with Crippen molar-refractivity contribution in [2.45, 2.75) is 51.2 Å². The monoisotopic (exact) mass is 547 g/mol. The number of hydrogen-bond donors (Lipinski definition) is 2. The van der Waals surface area contributed by atoms with Gasteiger partial charge in [-0.3, -0.25) is 14.6 Å². The van der Waals surface area contributed by atoms with E-state index in [1.54, 1.807) is 13.3 Å². The van der Waals surface area contributed by atoms with Crippen molar-refractivity contribution in [2.75, 3.05) is 26.9 Å². The molecule has 0 spiro atoms. The van der Waals surface area contributed by atoms with Crippen LogP contribution in [0.5, 0.6) is 5.75 Å². The fourth-order valence-electron chi connectivity index (χ4n) is 4.74. The Bertz CT molecular complexity index is 1440. The van der Waals surface area contributed by atoms with E-state index in [-0.39, 0.29) is 30.2 Å². The molecule has 4 heterocycles. The fourth-order valence-corrected chi connectivity index (χ4v) is 4.74. The van der Waals surface area contributed by atoms with Gasteiger partial charge >= 0.3 is 0 Å². The molecule has 0 aliphatic carbocycles. The van der Waals surface area contributed by atoms with E-state index >= 15 is 0 Å². The number of carbonyl (C=O) groups is 2. The number of nitrogens with one attached hydrogen (secondary N) is 2. The van der Waals surface area contributed by atoms with Crippen molar-refractivity contribution in [3.05, 3.63) is 60.3 Å². The molecule has 40 heavy (non-hydrogen) atoms. The molecule has 1 aromatic carbocycles. The number of fused-ring (bicyclic) bond motifs is 1. The number of imidazole rings is 1. The highest BCUT2D eigenvalue weighted by atomic mass is 16.6. The van der Waals surface area contributed by atoms with Gasteiger partial charge in [0.05, 0.1) is 56.6 Å². The molecule has 11 heteroatoms. The molecule has 1 amide bonds. The molecule has 5 rings (SSSR count). The van der Waals surface area contributed by atoms with Gasteiger partial charge in [0.2, 0.25) is 5.78 Å². The van der Waals surface area contributed by atoms with Crippen LogP contribution in [0.1, 0.15) is 60.3 Å². The second-order valence-electron chi connectivity index (χ2n) is 9.74. The summed E-state index contributed by atoms with van der Waals surface area (Å²) in [6.45, 7) is 3.02. The second-order valence-corrected chi connectivity index (χ2v) is 9.74. The Hall–Kier alpha value is -4.09. The highest BCUT2D eigenvalue weighted by molar-refractivity contribution is 5.91. The van der Waals surface area contributed by atoms with Crippen LogP contribution in [0.15, 0.2) is 47.3 Å². The molecule has 11 nitrogen and oxygen atoms in total. The average molecular weight is 548 g/mol. The van der Waals surface area contributed by atoms with Crippen molar-refractivity contribution in [3.8, 4) is 17.0 Å². The lowest BCUT2D eigenvalue weighted by atomic mass is 10.0. The topological polar surface area (TPSA) is 141 Å². The summed E-state index contributed by atoms with van der Waals surface area (Å²) in [7, 11) is 1.62. The minimum atomic E-state index is -0.666. The maximum atomic E-state index is 13.0. The third-order valence-electron chi connectivity index (χ3n) is 6.86. The number of carbonyl (C=O) groups excluding carboxylic acids is 2. The van der Waals surface area contributed by atoms with Crippen LogP contribution in [0.2, 0.25) is 0 Å². The van der Waals surface area contributed by atoms with E-state index in [0.29, 0.717) is 44.1 Å². The first-order valence-corrected chi connectivity index (χ1v) is 13.4. The van der Waals surface area contributed by atoms with Gasteiger partial charge in [-0.1, -0.05) is 18.9 Å². The number of benzene rings is 1. The van der Waals surface area contributed by atoms with Crippen LogP contribution in [-0.4, -0.2) is 64.7 Å². The number of pyridine rings is 1. The molecule has 1 aliphatic rings. The van der Waals surface area contributed by atoms with Gasteiger partial charge in [-0.15, -0.1) is 0 Å². The van der Waals surface area contributed by atoms with Crippen LogP contribution in [0.4, 0.5) is 0 Å². The summed E-state index contributed by atoms with van der Waals surface area (Å²) in [5.74, 6) is 1.07. The van der Waals surface area contributed by atoms with Crippen LogP contribution >= 0.6 is 0 Å². The number of rotatable bonds is 12. The van der Waals surface area contributed by atoms with Gasteiger partial charge in [0.1, 0.15) is 17.8 Å². The van der Waals surface area contributed by atoms with Crippen LogP contribution in [0, 0.1) is 6.92 Å². The Labute approximate surface area is 231 Å². The third kappa shape index (κ3) is 6.54. The quantitative estimate of drug-likeness (QED) is 0.196. The smallest absolute Gasteiger partial charge is 0.263 e. The lowest BCUT2D eigenvalue weighted by Crippen LogP contribution is -2.44. The maximum Gasteiger partial charge on any atom is 0.263 e. The summed E-state index contributed by atoms with van der Waals surface area (Å²) in [4.78, 5) is 41.7. The molecule has 3 aromatic heterocycles. The Morgan fingerprint density at radius 1 is 1.18 bits per heavy atom. The third-order valence-corrected chi connectivity index (χ3v) is 6.86. The van der Waals surface area contributed by atoms with E-state index in [1.807, 2.05) is 31.2 Å². The second kappa shape index (κ2) is 12.8. The lowest BCUT2D eigenvalue weighted by Gasteiger charge is -2.25. The molecular weight excluding hydrogens is 514 g/mol. The zero-order chi connectivity index (χ0) is 27.9. The number of aromatic nitrogens is 4. The molecule has 0 saturated carbocycles. The van der Waals surface area contributed by atoms with Gasteiger partial charge < -0.3 is 28.9 Å². The van der Waals surface area contributed by atoms with Crippen molar-refractivity contribution in [3.63, 3.8) is 0 Å². The van der Waals surface area contributed by atoms with Crippen LogP contribution in [0.3, 0.4) is 0 Å². The maximum absolute atomic E-state index is 13.0. The molecule has 1 fully saturated rings.